The Morgan fingerprint density at radius 3 is 2.63 bits per heavy atom. The van der Waals surface area contributed by atoms with Crippen LogP contribution in [0.15, 0.2) is 0 Å². The van der Waals surface area contributed by atoms with Gasteiger partial charge in [0, 0.05) is 6.61 Å². The van der Waals surface area contributed by atoms with E-state index in [2.05, 4.69) is 13.8 Å². The Balaban J connectivity index is 1.53. The lowest BCUT2D eigenvalue weighted by molar-refractivity contribution is -0.101. The molecule has 1 heteroatoms. The second kappa shape index (κ2) is 5.39. The second-order valence-corrected chi connectivity index (χ2v) is 7.93. The molecule has 0 aromatic heterocycles. The summed E-state index contributed by atoms with van der Waals surface area (Å²) in [6.07, 6.45) is 15.5. The van der Waals surface area contributed by atoms with Gasteiger partial charge in [0.15, 0.2) is 0 Å². The van der Waals surface area contributed by atoms with Gasteiger partial charge in [-0.05, 0) is 62.2 Å². The third-order valence-electron chi connectivity index (χ3n) is 6.34. The minimum Gasteiger partial charge on any atom is -0.375 e. The van der Waals surface area contributed by atoms with E-state index in [1.807, 2.05) is 0 Å². The van der Waals surface area contributed by atoms with Crippen molar-refractivity contribution in [2.45, 2.75) is 90.1 Å². The first kappa shape index (κ1) is 13.9. The van der Waals surface area contributed by atoms with Crippen LogP contribution < -0.4 is 0 Å². The van der Waals surface area contributed by atoms with E-state index in [1.54, 1.807) is 0 Å². The summed E-state index contributed by atoms with van der Waals surface area (Å²) in [6.45, 7) is 5.89. The predicted molar refractivity (Wildman–Crippen MR) is 80.2 cm³/mol. The van der Waals surface area contributed by atoms with E-state index in [0.717, 1.165) is 18.4 Å². The molecule has 0 aromatic carbocycles. The van der Waals surface area contributed by atoms with Crippen molar-refractivity contribution in [1.82, 2.24) is 0 Å². The summed E-state index contributed by atoms with van der Waals surface area (Å²) in [5.41, 5.74) is 0.970. The number of hydrogen-bond donors (Lipinski definition) is 0. The molecule has 1 aliphatic heterocycles. The van der Waals surface area contributed by atoms with Crippen LogP contribution in [0.1, 0.15) is 84.5 Å². The molecule has 0 radical (unpaired) electrons. The predicted octanol–water partition coefficient (Wildman–Crippen LogP) is 5.33. The Labute approximate surface area is 119 Å². The summed E-state index contributed by atoms with van der Waals surface area (Å²) in [4.78, 5) is 0. The number of fused-ring (bicyclic) bond motifs is 1. The van der Waals surface area contributed by atoms with E-state index in [-0.39, 0.29) is 0 Å². The van der Waals surface area contributed by atoms with Gasteiger partial charge in [-0.1, -0.05) is 39.5 Å². The number of rotatable bonds is 6. The van der Waals surface area contributed by atoms with Crippen molar-refractivity contribution in [1.29, 1.82) is 0 Å². The molecule has 0 amide bonds. The molecule has 1 nitrogen and oxygen atoms in total. The lowest BCUT2D eigenvalue weighted by atomic mass is 9.78. The van der Waals surface area contributed by atoms with Crippen LogP contribution >= 0.6 is 0 Å². The highest BCUT2D eigenvalue weighted by atomic mass is 16.5. The maximum atomic E-state index is 6.36. The van der Waals surface area contributed by atoms with Crippen LogP contribution in [0, 0.1) is 17.3 Å². The molecule has 19 heavy (non-hydrogen) atoms. The van der Waals surface area contributed by atoms with Crippen molar-refractivity contribution in [3.05, 3.63) is 0 Å². The molecule has 0 N–H and O–H groups in total. The zero-order valence-electron chi connectivity index (χ0n) is 13.0. The van der Waals surface area contributed by atoms with Gasteiger partial charge in [0.25, 0.3) is 0 Å². The first-order valence-electron chi connectivity index (χ1n) is 8.81. The van der Waals surface area contributed by atoms with Crippen molar-refractivity contribution in [2.75, 3.05) is 6.61 Å². The largest absolute Gasteiger partial charge is 0.375 e. The van der Waals surface area contributed by atoms with Gasteiger partial charge < -0.3 is 4.74 Å². The second-order valence-electron chi connectivity index (χ2n) is 7.93. The van der Waals surface area contributed by atoms with Crippen molar-refractivity contribution in [3.8, 4) is 0 Å². The van der Waals surface area contributed by atoms with Crippen molar-refractivity contribution in [3.63, 3.8) is 0 Å². The van der Waals surface area contributed by atoms with Crippen LogP contribution in [0.4, 0.5) is 0 Å². The molecule has 3 rings (SSSR count). The summed E-state index contributed by atoms with van der Waals surface area (Å²) in [6, 6.07) is 0. The molecule has 3 atom stereocenters. The minimum absolute atomic E-state index is 0.298. The molecule has 1 heterocycles. The van der Waals surface area contributed by atoms with Crippen LogP contribution in [0.25, 0.3) is 0 Å². The summed E-state index contributed by atoms with van der Waals surface area (Å²) in [5, 5.41) is 0. The van der Waals surface area contributed by atoms with Crippen LogP contribution in [0.3, 0.4) is 0 Å². The maximum absolute atomic E-state index is 6.36. The van der Waals surface area contributed by atoms with Gasteiger partial charge in [-0.3, -0.25) is 0 Å². The average Bonchev–Trinajstić information content (AvgIpc) is 3.07. The van der Waals surface area contributed by atoms with Crippen LogP contribution in [-0.2, 0) is 4.74 Å². The topological polar surface area (TPSA) is 9.23 Å². The normalized spacial score (nSPS) is 40.1. The molecule has 0 aromatic rings. The van der Waals surface area contributed by atoms with Gasteiger partial charge >= 0.3 is 0 Å². The summed E-state index contributed by atoms with van der Waals surface area (Å²) < 4.78 is 6.36. The zero-order chi connectivity index (χ0) is 13.3. The number of hydrogen-bond acceptors (Lipinski definition) is 1. The standard InChI is InChI=1S/C18H32O/c1-3-8-18(16-14-15(16)7-13-19-18)12-6-11-17(2)9-4-5-10-17/h15-16H,3-14H2,1-2H3. The summed E-state index contributed by atoms with van der Waals surface area (Å²) >= 11 is 0. The molecule has 2 saturated carbocycles. The van der Waals surface area contributed by atoms with Gasteiger partial charge in [0.05, 0.1) is 5.60 Å². The molecule has 0 spiro atoms. The first-order valence-corrected chi connectivity index (χ1v) is 8.81. The van der Waals surface area contributed by atoms with Crippen LogP contribution in [0.5, 0.6) is 0 Å². The molecule has 3 fully saturated rings. The molecular weight excluding hydrogens is 232 g/mol. The lowest BCUT2D eigenvalue weighted by Gasteiger charge is -2.38. The Hall–Kier alpha value is -0.0400. The summed E-state index contributed by atoms with van der Waals surface area (Å²) in [5.74, 6) is 1.96. The lowest BCUT2D eigenvalue weighted by Crippen LogP contribution is -2.39. The third-order valence-corrected chi connectivity index (χ3v) is 6.34. The molecular formula is C18H32O. The fraction of sp³-hybridized carbons (Fsp3) is 1.00. The first-order chi connectivity index (χ1) is 9.18. The smallest absolute Gasteiger partial charge is 0.0713 e. The zero-order valence-corrected chi connectivity index (χ0v) is 13.0. The van der Waals surface area contributed by atoms with Crippen LogP contribution in [-0.4, -0.2) is 12.2 Å². The van der Waals surface area contributed by atoms with E-state index in [0.29, 0.717) is 11.0 Å². The Kier molecular flexibility index (Phi) is 3.95. The Bertz CT molecular complexity index is 301. The Morgan fingerprint density at radius 1 is 1.11 bits per heavy atom. The molecule has 110 valence electrons. The Morgan fingerprint density at radius 2 is 1.89 bits per heavy atom. The van der Waals surface area contributed by atoms with E-state index in [4.69, 9.17) is 4.74 Å². The van der Waals surface area contributed by atoms with Gasteiger partial charge in [-0.25, -0.2) is 0 Å². The molecule has 3 aliphatic rings. The molecule has 3 unspecified atom stereocenters. The van der Waals surface area contributed by atoms with Gasteiger partial charge in [0.2, 0.25) is 0 Å². The van der Waals surface area contributed by atoms with Crippen molar-refractivity contribution >= 4 is 0 Å². The van der Waals surface area contributed by atoms with Crippen molar-refractivity contribution < 1.29 is 4.74 Å². The monoisotopic (exact) mass is 264 g/mol. The third kappa shape index (κ3) is 2.86. The van der Waals surface area contributed by atoms with E-state index < -0.39 is 0 Å². The van der Waals surface area contributed by atoms with E-state index in [1.165, 1.54) is 70.6 Å². The van der Waals surface area contributed by atoms with Crippen LogP contribution in [0.2, 0.25) is 0 Å². The highest BCUT2D eigenvalue weighted by molar-refractivity contribution is 5.04. The highest BCUT2D eigenvalue weighted by Crippen LogP contribution is 2.57. The van der Waals surface area contributed by atoms with Gasteiger partial charge in [0.1, 0.15) is 0 Å². The highest BCUT2D eigenvalue weighted by Gasteiger charge is 2.54. The fourth-order valence-corrected chi connectivity index (χ4v) is 5.09. The summed E-state index contributed by atoms with van der Waals surface area (Å²) in [7, 11) is 0. The number of ether oxygens (including phenoxy) is 1. The SMILES string of the molecule is CCCC1(CCCC2(C)CCCC2)OCCC2CC21. The minimum atomic E-state index is 0.298. The molecule has 0 bridgehead atoms. The molecule has 2 aliphatic carbocycles. The van der Waals surface area contributed by atoms with Gasteiger partial charge in [-0.2, -0.15) is 0 Å². The quantitative estimate of drug-likeness (QED) is 0.630. The van der Waals surface area contributed by atoms with E-state index >= 15 is 0 Å². The maximum Gasteiger partial charge on any atom is 0.0713 e. The fourth-order valence-electron chi connectivity index (χ4n) is 5.09. The van der Waals surface area contributed by atoms with Gasteiger partial charge in [-0.15, -0.1) is 0 Å². The molecule has 1 saturated heterocycles. The van der Waals surface area contributed by atoms with E-state index in [9.17, 15) is 0 Å². The average molecular weight is 264 g/mol. The van der Waals surface area contributed by atoms with Crippen molar-refractivity contribution in [2.24, 2.45) is 17.3 Å².